The third kappa shape index (κ3) is 5.56. The van der Waals surface area contributed by atoms with Gasteiger partial charge in [-0.2, -0.15) is 0 Å². The van der Waals surface area contributed by atoms with Crippen LogP contribution in [0.2, 0.25) is 0 Å². The maximum atomic E-state index is 14.7. The van der Waals surface area contributed by atoms with Gasteiger partial charge in [-0.15, -0.1) is 0 Å². The molecule has 3 rings (SSSR count). The van der Waals surface area contributed by atoms with Gasteiger partial charge in [0, 0.05) is 11.1 Å². The third-order valence-corrected chi connectivity index (χ3v) is 6.47. The molecule has 2 aromatic carbocycles. The second-order valence-electron chi connectivity index (χ2n) is 8.60. The fourth-order valence-electron chi connectivity index (χ4n) is 4.59. The van der Waals surface area contributed by atoms with E-state index >= 15 is 0 Å². The predicted octanol–water partition coefficient (Wildman–Crippen LogP) is 8.43. The molecule has 0 N–H and O–H groups in total. The molecule has 1 saturated carbocycles. The Hall–Kier alpha value is -2.03. The van der Waals surface area contributed by atoms with Crippen molar-refractivity contribution in [2.75, 3.05) is 0 Å². The summed E-state index contributed by atoms with van der Waals surface area (Å²) in [6.45, 7) is 4.18. The predicted molar refractivity (Wildman–Crippen MR) is 119 cm³/mol. The van der Waals surface area contributed by atoms with Crippen LogP contribution in [0.4, 0.5) is 13.2 Å². The van der Waals surface area contributed by atoms with E-state index < -0.39 is 17.5 Å². The topological polar surface area (TPSA) is 0 Å². The number of aryl methyl sites for hydroxylation is 2. The van der Waals surface area contributed by atoms with Crippen LogP contribution < -0.4 is 0 Å². The van der Waals surface area contributed by atoms with E-state index in [9.17, 15) is 13.2 Å². The largest absolute Gasteiger partial charge is 0.206 e. The van der Waals surface area contributed by atoms with Gasteiger partial charge in [0.2, 0.25) is 0 Å². The maximum Gasteiger partial charge on any atom is 0.167 e. The lowest BCUT2D eigenvalue weighted by Gasteiger charge is -2.26. The average Bonchev–Trinajstić information content (AvgIpc) is 2.76. The van der Waals surface area contributed by atoms with Gasteiger partial charge in [-0.3, -0.25) is 0 Å². The van der Waals surface area contributed by atoms with Crippen LogP contribution in [-0.4, -0.2) is 0 Å². The van der Waals surface area contributed by atoms with Gasteiger partial charge in [-0.1, -0.05) is 63.1 Å². The monoisotopic (exact) mass is 414 g/mol. The number of rotatable bonds is 8. The quantitative estimate of drug-likeness (QED) is 0.380. The number of halogens is 3. The van der Waals surface area contributed by atoms with Gasteiger partial charge in [0.05, 0.1) is 0 Å². The van der Waals surface area contributed by atoms with Gasteiger partial charge < -0.3 is 0 Å². The highest BCUT2D eigenvalue weighted by atomic mass is 19.2. The van der Waals surface area contributed by atoms with Gasteiger partial charge in [-0.25, -0.2) is 13.2 Å². The summed E-state index contributed by atoms with van der Waals surface area (Å²) in [5.41, 5.74) is 1.27. The lowest BCUT2D eigenvalue weighted by atomic mass is 9.80. The number of hydrogen-bond acceptors (Lipinski definition) is 0. The summed E-state index contributed by atoms with van der Waals surface area (Å²) in [5.74, 6) is -0.833. The molecule has 0 aromatic heterocycles. The summed E-state index contributed by atoms with van der Waals surface area (Å²) < 4.78 is 43.6. The summed E-state index contributed by atoms with van der Waals surface area (Å²) in [7, 11) is 0. The highest BCUT2D eigenvalue weighted by molar-refractivity contribution is 5.66. The van der Waals surface area contributed by atoms with E-state index in [1.165, 1.54) is 56.7 Å². The molecule has 3 heteroatoms. The lowest BCUT2D eigenvalue weighted by molar-refractivity contribution is 0.294. The molecule has 0 nitrogen and oxygen atoms in total. The normalized spacial score (nSPS) is 19.5. The molecule has 1 fully saturated rings. The summed E-state index contributed by atoms with van der Waals surface area (Å²) >= 11 is 0. The molecular formula is C27H33F3. The van der Waals surface area contributed by atoms with Crippen LogP contribution >= 0.6 is 0 Å². The molecule has 0 spiro atoms. The Kier molecular flexibility index (Phi) is 8.18. The van der Waals surface area contributed by atoms with Crippen LogP contribution in [0, 0.1) is 29.3 Å². The Morgan fingerprint density at radius 2 is 1.63 bits per heavy atom. The van der Waals surface area contributed by atoms with Crippen LogP contribution in [-0.2, 0) is 12.8 Å². The van der Waals surface area contributed by atoms with Crippen molar-refractivity contribution < 1.29 is 13.2 Å². The molecule has 1 aliphatic rings. The molecule has 0 unspecified atom stereocenters. The molecule has 0 radical (unpaired) electrons. The minimum atomic E-state index is -0.964. The molecule has 0 saturated heterocycles. The second kappa shape index (κ2) is 10.8. The third-order valence-electron chi connectivity index (χ3n) is 6.47. The van der Waals surface area contributed by atoms with Crippen molar-refractivity contribution >= 4 is 0 Å². The zero-order valence-electron chi connectivity index (χ0n) is 18.2. The van der Waals surface area contributed by atoms with Crippen LogP contribution in [0.1, 0.15) is 69.9 Å². The number of benzene rings is 2. The zero-order chi connectivity index (χ0) is 21.5. The first-order valence-corrected chi connectivity index (χ1v) is 11.5. The van der Waals surface area contributed by atoms with E-state index in [0.29, 0.717) is 30.7 Å². The first kappa shape index (κ1) is 22.7. The van der Waals surface area contributed by atoms with E-state index in [1.54, 1.807) is 12.1 Å². The molecule has 1 aliphatic carbocycles. The summed E-state index contributed by atoms with van der Waals surface area (Å²) in [5, 5.41) is 0. The molecule has 30 heavy (non-hydrogen) atoms. The van der Waals surface area contributed by atoms with Gasteiger partial charge in [0.25, 0.3) is 0 Å². The number of hydrogen-bond donors (Lipinski definition) is 0. The first-order valence-electron chi connectivity index (χ1n) is 11.5. The lowest BCUT2D eigenvalue weighted by Crippen LogP contribution is -2.12. The van der Waals surface area contributed by atoms with Crippen molar-refractivity contribution in [1.82, 2.24) is 0 Å². The minimum Gasteiger partial charge on any atom is -0.206 e. The van der Waals surface area contributed by atoms with Crippen LogP contribution in [0.15, 0.2) is 42.5 Å². The van der Waals surface area contributed by atoms with Crippen LogP contribution in [0.5, 0.6) is 0 Å². The fraction of sp³-hybridized carbons (Fsp3) is 0.481. The highest BCUT2D eigenvalue weighted by Gasteiger charge is 2.19. The second-order valence-corrected chi connectivity index (χ2v) is 8.60. The molecule has 0 amide bonds. The van der Waals surface area contributed by atoms with E-state index in [4.69, 9.17) is 0 Å². The van der Waals surface area contributed by atoms with E-state index in [1.807, 2.05) is 6.92 Å². The Balaban J connectivity index is 1.60. The Morgan fingerprint density at radius 1 is 0.900 bits per heavy atom. The molecule has 0 heterocycles. The van der Waals surface area contributed by atoms with Crippen molar-refractivity contribution in [3.63, 3.8) is 0 Å². The summed E-state index contributed by atoms with van der Waals surface area (Å²) in [6, 6.07) is 7.76. The fourth-order valence-corrected chi connectivity index (χ4v) is 4.59. The van der Waals surface area contributed by atoms with Gasteiger partial charge in [-0.05, 0) is 74.0 Å². The van der Waals surface area contributed by atoms with Crippen LogP contribution in [0.3, 0.4) is 0 Å². The van der Waals surface area contributed by atoms with Crippen molar-refractivity contribution in [3.8, 4) is 11.1 Å². The van der Waals surface area contributed by atoms with Gasteiger partial charge in [0.15, 0.2) is 11.6 Å². The Labute approximate surface area is 179 Å². The van der Waals surface area contributed by atoms with Crippen molar-refractivity contribution in [2.45, 2.75) is 71.6 Å². The zero-order valence-corrected chi connectivity index (χ0v) is 18.2. The Bertz CT molecular complexity index is 861. The SMILES string of the molecule is CCCC1CCC(/C=C/CCc2ccc(-c3ccc(CC)cc3F)c(F)c2F)CC1. The maximum absolute atomic E-state index is 14.7. The van der Waals surface area contributed by atoms with E-state index in [0.717, 1.165) is 11.5 Å². The van der Waals surface area contributed by atoms with E-state index in [2.05, 4.69) is 19.1 Å². The Morgan fingerprint density at radius 3 is 2.30 bits per heavy atom. The highest BCUT2D eigenvalue weighted by Crippen LogP contribution is 2.33. The standard InChI is InChI=1S/C27H33F3/c1-3-7-20-10-12-21(13-11-20)8-5-6-9-22-15-17-24(27(30)26(22)29)23-16-14-19(4-2)18-25(23)28/h5,8,14-18,20-21H,3-4,6-7,9-13H2,1-2H3/b8-5+. The molecule has 0 atom stereocenters. The summed E-state index contributed by atoms with van der Waals surface area (Å²) in [4.78, 5) is 0. The molecule has 0 bridgehead atoms. The van der Waals surface area contributed by atoms with Gasteiger partial charge >= 0.3 is 0 Å². The molecule has 162 valence electrons. The first-order chi connectivity index (χ1) is 14.5. The smallest absolute Gasteiger partial charge is 0.167 e. The molecule has 2 aromatic rings. The van der Waals surface area contributed by atoms with Crippen molar-refractivity contribution in [2.24, 2.45) is 11.8 Å². The van der Waals surface area contributed by atoms with Crippen molar-refractivity contribution in [3.05, 3.63) is 71.1 Å². The van der Waals surface area contributed by atoms with Gasteiger partial charge in [0.1, 0.15) is 5.82 Å². The number of allylic oxidation sites excluding steroid dienone is 2. The van der Waals surface area contributed by atoms with E-state index in [-0.39, 0.29) is 11.1 Å². The molecule has 0 aliphatic heterocycles. The van der Waals surface area contributed by atoms with Crippen molar-refractivity contribution in [1.29, 1.82) is 0 Å². The minimum absolute atomic E-state index is 0.0178. The summed E-state index contributed by atoms with van der Waals surface area (Å²) in [6.07, 6.45) is 13.9. The molecular weight excluding hydrogens is 381 g/mol. The average molecular weight is 415 g/mol. The van der Waals surface area contributed by atoms with Crippen LogP contribution in [0.25, 0.3) is 11.1 Å².